The first-order chi connectivity index (χ1) is 7.70. The van der Waals surface area contributed by atoms with Gasteiger partial charge >= 0.3 is 5.97 Å². The third kappa shape index (κ3) is 10.0. The molecule has 0 aliphatic heterocycles. The SMILES string of the molecule is C[Si](C)(C)OC(=O)C(O[Si](C)(C)C)O[Si](C)(C)C. The van der Waals surface area contributed by atoms with E-state index < -0.39 is 31.2 Å². The van der Waals surface area contributed by atoms with Crippen molar-refractivity contribution in [3.63, 3.8) is 0 Å². The minimum atomic E-state index is -1.91. The van der Waals surface area contributed by atoms with E-state index in [1.54, 1.807) is 0 Å². The lowest BCUT2D eigenvalue weighted by Gasteiger charge is -2.31. The molecule has 0 saturated carbocycles. The van der Waals surface area contributed by atoms with E-state index in [0.29, 0.717) is 0 Å². The van der Waals surface area contributed by atoms with Gasteiger partial charge in [0.25, 0.3) is 0 Å². The Kier molecular flexibility index (Phi) is 6.01. The molecular weight excluding hydrogens is 280 g/mol. The zero-order valence-corrected chi connectivity index (χ0v) is 16.2. The molecule has 0 heterocycles. The Balaban J connectivity index is 4.82. The van der Waals surface area contributed by atoms with Crippen molar-refractivity contribution in [2.75, 3.05) is 0 Å². The lowest BCUT2D eigenvalue weighted by atomic mass is 10.7. The lowest BCUT2D eigenvalue weighted by Crippen LogP contribution is -2.47. The zero-order valence-electron chi connectivity index (χ0n) is 13.2. The highest BCUT2D eigenvalue weighted by molar-refractivity contribution is 6.72. The summed E-state index contributed by atoms with van der Waals surface area (Å²) in [6, 6.07) is 0. The molecule has 0 radical (unpaired) electrons. The van der Waals surface area contributed by atoms with Crippen LogP contribution in [0.1, 0.15) is 0 Å². The predicted molar refractivity (Wildman–Crippen MR) is 82.1 cm³/mol. The lowest BCUT2D eigenvalue weighted by molar-refractivity contribution is -0.158. The van der Waals surface area contributed by atoms with Gasteiger partial charge in [0.05, 0.1) is 0 Å². The molecule has 0 aromatic heterocycles. The zero-order chi connectivity index (χ0) is 14.8. The largest absolute Gasteiger partial charge is 0.516 e. The van der Waals surface area contributed by atoms with Crippen LogP contribution in [0.2, 0.25) is 58.9 Å². The van der Waals surface area contributed by atoms with Crippen molar-refractivity contribution >= 4 is 30.9 Å². The van der Waals surface area contributed by atoms with Crippen LogP contribution in [0.4, 0.5) is 0 Å². The van der Waals surface area contributed by atoms with E-state index in [4.69, 9.17) is 13.3 Å². The fourth-order valence-electron chi connectivity index (χ4n) is 1.11. The Hall–Kier alpha value is 0.0406. The van der Waals surface area contributed by atoms with Crippen LogP contribution < -0.4 is 0 Å². The van der Waals surface area contributed by atoms with Crippen LogP contribution in [0.15, 0.2) is 0 Å². The second-order valence-corrected chi connectivity index (χ2v) is 20.7. The van der Waals surface area contributed by atoms with Gasteiger partial charge in [0.1, 0.15) is 0 Å². The average Bonchev–Trinajstić information content (AvgIpc) is 1.93. The Morgan fingerprint density at radius 2 is 1.06 bits per heavy atom. The minimum Gasteiger partial charge on any atom is -0.516 e. The van der Waals surface area contributed by atoms with Crippen molar-refractivity contribution in [2.24, 2.45) is 0 Å². The quantitative estimate of drug-likeness (QED) is 0.557. The monoisotopic (exact) mass is 308 g/mol. The van der Waals surface area contributed by atoms with Crippen molar-refractivity contribution in [1.29, 1.82) is 0 Å². The Labute approximate surface area is 114 Å². The molecule has 0 amide bonds. The molecule has 0 aromatic carbocycles. The summed E-state index contributed by atoms with van der Waals surface area (Å²) >= 11 is 0. The Morgan fingerprint density at radius 1 is 0.722 bits per heavy atom. The fourth-order valence-corrected chi connectivity index (χ4v) is 3.48. The van der Waals surface area contributed by atoms with Gasteiger partial charge in [0.2, 0.25) is 14.6 Å². The number of carbonyl (C=O) groups excluding carboxylic acids is 1. The van der Waals surface area contributed by atoms with E-state index >= 15 is 0 Å². The first-order valence-corrected chi connectivity index (χ1v) is 16.5. The third-order valence-corrected chi connectivity index (χ3v) is 4.18. The highest BCUT2D eigenvalue weighted by Crippen LogP contribution is 2.17. The summed E-state index contributed by atoms with van der Waals surface area (Å²) in [7, 11) is -5.61. The van der Waals surface area contributed by atoms with Gasteiger partial charge in [0, 0.05) is 0 Å². The summed E-state index contributed by atoms with van der Waals surface area (Å²) in [5.41, 5.74) is 0. The molecule has 0 saturated heterocycles. The van der Waals surface area contributed by atoms with E-state index in [9.17, 15) is 4.79 Å². The van der Waals surface area contributed by atoms with E-state index in [1.807, 2.05) is 58.9 Å². The molecule has 0 aromatic rings. The fraction of sp³-hybridized carbons (Fsp3) is 0.909. The molecule has 0 unspecified atom stereocenters. The minimum absolute atomic E-state index is 0.362. The van der Waals surface area contributed by atoms with E-state index in [1.165, 1.54) is 0 Å². The van der Waals surface area contributed by atoms with Crippen LogP contribution in [0.25, 0.3) is 0 Å². The predicted octanol–water partition coefficient (Wildman–Crippen LogP) is 3.39. The summed E-state index contributed by atoms with van der Waals surface area (Å²) < 4.78 is 17.1. The third-order valence-electron chi connectivity index (χ3n) is 1.52. The van der Waals surface area contributed by atoms with Crippen LogP contribution in [-0.4, -0.2) is 37.2 Å². The van der Waals surface area contributed by atoms with Crippen molar-refractivity contribution in [3.05, 3.63) is 0 Å². The molecule has 0 N–H and O–H groups in total. The average molecular weight is 309 g/mol. The number of carbonyl (C=O) groups is 1. The number of rotatable bonds is 6. The van der Waals surface area contributed by atoms with Crippen molar-refractivity contribution < 1.29 is 18.1 Å². The molecule has 108 valence electrons. The highest BCUT2D eigenvalue weighted by Gasteiger charge is 2.35. The first-order valence-electron chi connectivity index (χ1n) is 6.28. The molecule has 4 nitrogen and oxygen atoms in total. The van der Waals surface area contributed by atoms with E-state index in [-0.39, 0.29) is 5.97 Å². The number of hydrogen-bond donors (Lipinski definition) is 0. The van der Waals surface area contributed by atoms with Gasteiger partial charge in [-0.2, -0.15) is 0 Å². The van der Waals surface area contributed by atoms with Crippen LogP contribution in [0, 0.1) is 0 Å². The molecule has 0 fully saturated rings. The molecule has 0 aliphatic rings. The summed E-state index contributed by atoms with van der Waals surface area (Å²) in [5.74, 6) is -0.362. The van der Waals surface area contributed by atoms with Crippen LogP contribution in [0.3, 0.4) is 0 Å². The molecule has 0 aliphatic carbocycles. The highest BCUT2D eigenvalue weighted by atomic mass is 28.4. The van der Waals surface area contributed by atoms with Crippen molar-refractivity contribution in [3.8, 4) is 0 Å². The Bertz CT molecular complexity index is 270. The maximum absolute atomic E-state index is 12.1. The summed E-state index contributed by atoms with van der Waals surface area (Å²) in [6.07, 6.45) is -0.852. The van der Waals surface area contributed by atoms with Gasteiger partial charge in [-0.1, -0.05) is 0 Å². The van der Waals surface area contributed by atoms with Crippen LogP contribution in [-0.2, 0) is 18.1 Å². The van der Waals surface area contributed by atoms with Crippen LogP contribution in [0.5, 0.6) is 0 Å². The molecule has 7 heteroatoms. The van der Waals surface area contributed by atoms with Crippen molar-refractivity contribution in [2.45, 2.75) is 65.2 Å². The normalized spacial score (nSPS) is 13.9. The molecule has 0 spiro atoms. The molecule has 0 bridgehead atoms. The van der Waals surface area contributed by atoms with E-state index in [2.05, 4.69) is 0 Å². The van der Waals surface area contributed by atoms with Gasteiger partial charge in [-0.15, -0.1) is 0 Å². The summed E-state index contributed by atoms with van der Waals surface area (Å²) in [5, 5.41) is 0. The first kappa shape index (κ1) is 18.0. The van der Waals surface area contributed by atoms with Gasteiger partial charge in [-0.25, -0.2) is 4.79 Å². The smallest absolute Gasteiger partial charge is 0.348 e. The maximum atomic E-state index is 12.1. The topological polar surface area (TPSA) is 44.8 Å². The molecule has 0 rings (SSSR count). The summed E-state index contributed by atoms with van der Waals surface area (Å²) in [4.78, 5) is 12.1. The van der Waals surface area contributed by atoms with Crippen LogP contribution >= 0.6 is 0 Å². The van der Waals surface area contributed by atoms with Gasteiger partial charge in [0.15, 0.2) is 16.6 Å². The molecule has 18 heavy (non-hydrogen) atoms. The van der Waals surface area contributed by atoms with Gasteiger partial charge in [-0.05, 0) is 58.9 Å². The van der Waals surface area contributed by atoms with Crippen molar-refractivity contribution in [1.82, 2.24) is 0 Å². The summed E-state index contributed by atoms with van der Waals surface area (Å²) in [6.45, 7) is 18.2. The molecule has 0 atom stereocenters. The standard InChI is InChI=1S/C11H28O4Si3/c1-16(2,3)13-10(12)11(14-17(4,5)6)15-18(7,8)9/h11H,1-9H3. The molecular formula is C11H28O4Si3. The van der Waals surface area contributed by atoms with Gasteiger partial charge in [-0.3, -0.25) is 0 Å². The van der Waals surface area contributed by atoms with Gasteiger partial charge < -0.3 is 13.3 Å². The second-order valence-electron chi connectivity index (χ2n) is 7.33. The van der Waals surface area contributed by atoms with E-state index in [0.717, 1.165) is 0 Å². The Morgan fingerprint density at radius 3 is 1.28 bits per heavy atom. The number of hydrogen-bond acceptors (Lipinski definition) is 4. The second kappa shape index (κ2) is 6.00. The maximum Gasteiger partial charge on any atom is 0.348 e.